The van der Waals surface area contributed by atoms with Gasteiger partial charge in [0.1, 0.15) is 17.6 Å². The third-order valence-corrected chi connectivity index (χ3v) is 3.68. The zero-order valence-corrected chi connectivity index (χ0v) is 12.3. The van der Waals surface area contributed by atoms with Crippen molar-refractivity contribution in [1.29, 1.82) is 0 Å². The van der Waals surface area contributed by atoms with Gasteiger partial charge < -0.3 is 14.4 Å². The number of hydrogen-bond donors (Lipinski definition) is 1. The van der Waals surface area contributed by atoms with Crippen LogP contribution in [0.15, 0.2) is 28.8 Å². The molecule has 3 rings (SSSR count). The van der Waals surface area contributed by atoms with Crippen LogP contribution in [-0.2, 0) is 17.9 Å². The van der Waals surface area contributed by atoms with Crippen LogP contribution in [-0.4, -0.2) is 38.7 Å². The summed E-state index contributed by atoms with van der Waals surface area (Å²) in [6.45, 7) is 1.10. The average molecular weight is 321 g/mol. The summed E-state index contributed by atoms with van der Waals surface area (Å²) in [5, 5.41) is 12.9. The van der Waals surface area contributed by atoms with Gasteiger partial charge in [0.15, 0.2) is 6.61 Å². The summed E-state index contributed by atoms with van der Waals surface area (Å²) in [7, 11) is 0. The summed E-state index contributed by atoms with van der Waals surface area (Å²) in [4.78, 5) is 17.1. The molecule has 122 valence electrons. The van der Waals surface area contributed by atoms with Crippen molar-refractivity contribution < 1.29 is 23.6 Å². The summed E-state index contributed by atoms with van der Waals surface area (Å²) in [5.41, 5.74) is 0. The number of ether oxygens (including phenoxy) is 1. The average Bonchev–Trinajstić information content (AvgIpc) is 3.16. The van der Waals surface area contributed by atoms with Crippen LogP contribution in [0, 0.1) is 5.82 Å². The standard InChI is InChI=1S/C15H16FN3O4/c16-10-3-5-11(6-4-10)22-9-13-17-14(23-18-13)8-19-7-1-2-12(19)15(20)21/h3-6,12H,1-2,7-9H2,(H,20,21)/t12-/m0/s1. The molecule has 23 heavy (non-hydrogen) atoms. The van der Waals surface area contributed by atoms with Crippen molar-refractivity contribution in [3.8, 4) is 5.75 Å². The van der Waals surface area contributed by atoms with Gasteiger partial charge in [-0.3, -0.25) is 9.69 Å². The van der Waals surface area contributed by atoms with Gasteiger partial charge in [0.25, 0.3) is 0 Å². The number of likely N-dealkylation sites (tertiary alicyclic amines) is 1. The molecular weight excluding hydrogens is 305 g/mol. The van der Waals surface area contributed by atoms with E-state index >= 15 is 0 Å². The summed E-state index contributed by atoms with van der Waals surface area (Å²) < 4.78 is 23.4. The molecule has 0 amide bonds. The van der Waals surface area contributed by atoms with Crippen LogP contribution in [0.5, 0.6) is 5.75 Å². The van der Waals surface area contributed by atoms with E-state index in [9.17, 15) is 9.18 Å². The van der Waals surface area contributed by atoms with Crippen molar-refractivity contribution in [2.75, 3.05) is 6.54 Å². The number of aromatic nitrogens is 2. The van der Waals surface area contributed by atoms with E-state index in [0.717, 1.165) is 6.42 Å². The van der Waals surface area contributed by atoms with Crippen molar-refractivity contribution in [1.82, 2.24) is 15.0 Å². The lowest BCUT2D eigenvalue weighted by Crippen LogP contribution is -2.35. The molecule has 1 aliphatic heterocycles. The second kappa shape index (κ2) is 6.74. The monoisotopic (exact) mass is 321 g/mol. The van der Waals surface area contributed by atoms with E-state index < -0.39 is 12.0 Å². The minimum atomic E-state index is -0.832. The Hall–Kier alpha value is -2.48. The number of hydrogen-bond acceptors (Lipinski definition) is 6. The SMILES string of the molecule is O=C(O)[C@@H]1CCCN1Cc1nc(COc2ccc(F)cc2)no1. The van der Waals surface area contributed by atoms with E-state index in [0.29, 0.717) is 37.0 Å². The molecule has 1 N–H and O–H groups in total. The third kappa shape index (κ3) is 3.84. The molecule has 1 atom stereocenters. The zero-order chi connectivity index (χ0) is 16.2. The van der Waals surface area contributed by atoms with Gasteiger partial charge in [-0.15, -0.1) is 0 Å². The summed E-state index contributed by atoms with van der Waals surface area (Å²) in [6.07, 6.45) is 1.47. The third-order valence-electron chi connectivity index (χ3n) is 3.68. The Morgan fingerprint density at radius 2 is 2.22 bits per heavy atom. The van der Waals surface area contributed by atoms with Gasteiger partial charge in [-0.05, 0) is 43.7 Å². The number of halogens is 1. The second-order valence-electron chi connectivity index (χ2n) is 5.31. The Bertz CT molecular complexity index is 674. The molecular formula is C15H16FN3O4. The van der Waals surface area contributed by atoms with Crippen LogP contribution >= 0.6 is 0 Å². The lowest BCUT2D eigenvalue weighted by Gasteiger charge is -2.18. The van der Waals surface area contributed by atoms with Crippen LogP contribution in [0.1, 0.15) is 24.6 Å². The van der Waals surface area contributed by atoms with E-state index in [2.05, 4.69) is 10.1 Å². The number of carboxylic acid groups (broad SMARTS) is 1. The Morgan fingerprint density at radius 3 is 2.96 bits per heavy atom. The van der Waals surface area contributed by atoms with E-state index in [1.807, 2.05) is 0 Å². The molecule has 0 saturated carbocycles. The van der Waals surface area contributed by atoms with Crippen molar-refractivity contribution in [3.05, 3.63) is 41.8 Å². The molecule has 1 saturated heterocycles. The number of nitrogens with zero attached hydrogens (tertiary/aromatic N) is 3. The van der Waals surface area contributed by atoms with E-state index in [1.165, 1.54) is 24.3 Å². The first kappa shape index (κ1) is 15.4. The molecule has 8 heteroatoms. The Balaban J connectivity index is 1.55. The highest BCUT2D eigenvalue weighted by Gasteiger charge is 2.31. The summed E-state index contributed by atoms with van der Waals surface area (Å²) in [5.74, 6) is 0.0502. The van der Waals surface area contributed by atoms with Gasteiger partial charge in [-0.2, -0.15) is 4.98 Å². The van der Waals surface area contributed by atoms with Crippen molar-refractivity contribution in [2.45, 2.75) is 32.0 Å². The van der Waals surface area contributed by atoms with Crippen molar-refractivity contribution in [2.24, 2.45) is 0 Å². The predicted octanol–water partition coefficient (Wildman–Crippen LogP) is 1.84. The zero-order valence-electron chi connectivity index (χ0n) is 12.3. The minimum Gasteiger partial charge on any atom is -0.485 e. The Morgan fingerprint density at radius 1 is 1.43 bits per heavy atom. The quantitative estimate of drug-likeness (QED) is 0.868. The van der Waals surface area contributed by atoms with Gasteiger partial charge >= 0.3 is 5.97 Å². The molecule has 1 aliphatic rings. The fourth-order valence-corrected chi connectivity index (χ4v) is 2.56. The summed E-state index contributed by atoms with van der Waals surface area (Å²) >= 11 is 0. The molecule has 0 bridgehead atoms. The van der Waals surface area contributed by atoms with Crippen molar-refractivity contribution in [3.63, 3.8) is 0 Å². The maximum Gasteiger partial charge on any atom is 0.320 e. The molecule has 1 aromatic carbocycles. The van der Waals surface area contributed by atoms with Crippen LogP contribution in [0.2, 0.25) is 0 Å². The number of carbonyl (C=O) groups is 1. The Kier molecular flexibility index (Phi) is 4.52. The van der Waals surface area contributed by atoms with Crippen LogP contribution < -0.4 is 4.74 Å². The molecule has 2 heterocycles. The highest BCUT2D eigenvalue weighted by Crippen LogP contribution is 2.20. The first-order valence-electron chi connectivity index (χ1n) is 7.28. The largest absolute Gasteiger partial charge is 0.485 e. The molecule has 7 nitrogen and oxygen atoms in total. The molecule has 0 spiro atoms. The van der Waals surface area contributed by atoms with Gasteiger partial charge in [0, 0.05) is 0 Å². The number of rotatable bonds is 6. The lowest BCUT2D eigenvalue weighted by molar-refractivity contribution is -0.142. The van der Waals surface area contributed by atoms with Gasteiger partial charge in [0.2, 0.25) is 11.7 Å². The number of aliphatic carboxylic acids is 1. The highest BCUT2D eigenvalue weighted by molar-refractivity contribution is 5.73. The lowest BCUT2D eigenvalue weighted by atomic mass is 10.2. The van der Waals surface area contributed by atoms with Crippen LogP contribution in [0.4, 0.5) is 4.39 Å². The summed E-state index contributed by atoms with van der Waals surface area (Å²) in [6, 6.07) is 5.13. The van der Waals surface area contributed by atoms with Gasteiger partial charge in [-0.25, -0.2) is 4.39 Å². The molecule has 0 aliphatic carbocycles. The molecule has 1 aromatic heterocycles. The van der Waals surface area contributed by atoms with Crippen LogP contribution in [0.25, 0.3) is 0 Å². The van der Waals surface area contributed by atoms with Crippen molar-refractivity contribution >= 4 is 5.97 Å². The van der Waals surface area contributed by atoms with E-state index in [1.54, 1.807) is 4.90 Å². The fourth-order valence-electron chi connectivity index (χ4n) is 2.56. The Labute approximate surface area is 131 Å². The molecule has 0 unspecified atom stereocenters. The van der Waals surface area contributed by atoms with Gasteiger partial charge in [-0.1, -0.05) is 5.16 Å². The first-order chi connectivity index (χ1) is 11.1. The highest BCUT2D eigenvalue weighted by atomic mass is 19.1. The molecule has 0 radical (unpaired) electrons. The van der Waals surface area contributed by atoms with Crippen LogP contribution in [0.3, 0.4) is 0 Å². The number of benzene rings is 1. The first-order valence-corrected chi connectivity index (χ1v) is 7.28. The maximum absolute atomic E-state index is 12.8. The van der Waals surface area contributed by atoms with Gasteiger partial charge in [0.05, 0.1) is 6.54 Å². The molecule has 2 aromatic rings. The predicted molar refractivity (Wildman–Crippen MR) is 76.1 cm³/mol. The normalized spacial score (nSPS) is 18.2. The molecule has 1 fully saturated rings. The topological polar surface area (TPSA) is 88.7 Å². The fraction of sp³-hybridized carbons (Fsp3) is 0.400. The van der Waals surface area contributed by atoms with E-state index in [-0.39, 0.29) is 12.4 Å². The minimum absolute atomic E-state index is 0.0947. The second-order valence-corrected chi connectivity index (χ2v) is 5.31. The number of carboxylic acids is 1. The van der Waals surface area contributed by atoms with E-state index in [4.69, 9.17) is 14.4 Å². The maximum atomic E-state index is 12.8. The smallest absolute Gasteiger partial charge is 0.320 e.